The van der Waals surface area contributed by atoms with Crippen LogP contribution >= 0.6 is 0 Å². The summed E-state index contributed by atoms with van der Waals surface area (Å²) in [6.07, 6.45) is 2.31. The molecule has 2 aliphatic rings. The molecule has 0 bridgehead atoms. The average molecular weight is 292 g/mol. The fourth-order valence-corrected chi connectivity index (χ4v) is 2.95. The van der Waals surface area contributed by atoms with E-state index in [1.807, 2.05) is 12.3 Å². The van der Waals surface area contributed by atoms with E-state index < -0.39 is 0 Å². The minimum absolute atomic E-state index is 0.222. The van der Waals surface area contributed by atoms with Crippen molar-refractivity contribution >= 4 is 5.95 Å². The van der Waals surface area contributed by atoms with E-state index in [1.165, 1.54) is 0 Å². The van der Waals surface area contributed by atoms with Crippen LogP contribution in [0.25, 0.3) is 0 Å². The first-order chi connectivity index (χ1) is 10.2. The molecule has 2 aliphatic heterocycles. The molecule has 0 N–H and O–H groups in total. The quantitative estimate of drug-likeness (QED) is 0.826. The highest BCUT2D eigenvalue weighted by atomic mass is 16.5. The summed E-state index contributed by atoms with van der Waals surface area (Å²) in [5.74, 6) is 0.822. The molecular formula is C15H24N4O2. The van der Waals surface area contributed by atoms with E-state index in [-0.39, 0.29) is 12.2 Å². The van der Waals surface area contributed by atoms with Crippen molar-refractivity contribution < 1.29 is 9.47 Å². The van der Waals surface area contributed by atoms with Crippen LogP contribution in [-0.2, 0) is 16.0 Å². The van der Waals surface area contributed by atoms with Crippen LogP contribution < -0.4 is 4.90 Å². The number of ether oxygens (including phenoxy) is 2. The Morgan fingerprint density at radius 2 is 1.90 bits per heavy atom. The smallest absolute Gasteiger partial charge is 0.225 e. The Balaban J connectivity index is 1.67. The first kappa shape index (κ1) is 14.7. The van der Waals surface area contributed by atoms with Crippen molar-refractivity contribution in [3.63, 3.8) is 0 Å². The number of nitrogens with zero attached hydrogens (tertiary/aromatic N) is 4. The standard InChI is InChI=1S/C15H24N4O2/c1-12-9-19(10-13(2)21-12)15-16-4-3-14(17-15)11-18-5-7-20-8-6-18/h3-4,12-13H,5-11H2,1-2H3. The minimum Gasteiger partial charge on any atom is -0.379 e. The zero-order valence-corrected chi connectivity index (χ0v) is 12.9. The van der Waals surface area contributed by atoms with Crippen LogP contribution in [0.2, 0.25) is 0 Å². The largest absolute Gasteiger partial charge is 0.379 e. The zero-order chi connectivity index (χ0) is 14.7. The maximum absolute atomic E-state index is 5.77. The first-order valence-electron chi connectivity index (χ1n) is 7.73. The fourth-order valence-electron chi connectivity index (χ4n) is 2.95. The van der Waals surface area contributed by atoms with Gasteiger partial charge in [0.1, 0.15) is 0 Å². The predicted molar refractivity (Wildman–Crippen MR) is 80.4 cm³/mol. The number of aromatic nitrogens is 2. The van der Waals surface area contributed by atoms with Gasteiger partial charge in [0, 0.05) is 38.9 Å². The van der Waals surface area contributed by atoms with E-state index in [4.69, 9.17) is 14.5 Å². The predicted octanol–water partition coefficient (Wildman–Crippen LogP) is 0.922. The molecule has 3 heterocycles. The molecule has 2 saturated heterocycles. The highest BCUT2D eigenvalue weighted by molar-refractivity contribution is 5.31. The van der Waals surface area contributed by atoms with Gasteiger partial charge in [0.15, 0.2) is 0 Å². The molecule has 1 aromatic rings. The van der Waals surface area contributed by atoms with Crippen LogP contribution in [0.5, 0.6) is 0 Å². The number of hydrogen-bond acceptors (Lipinski definition) is 6. The molecule has 21 heavy (non-hydrogen) atoms. The summed E-state index contributed by atoms with van der Waals surface area (Å²) < 4.78 is 11.2. The van der Waals surface area contributed by atoms with Gasteiger partial charge < -0.3 is 14.4 Å². The van der Waals surface area contributed by atoms with Gasteiger partial charge in [0.05, 0.1) is 31.1 Å². The van der Waals surface area contributed by atoms with Gasteiger partial charge in [-0.2, -0.15) is 0 Å². The molecule has 1 aromatic heterocycles. The lowest BCUT2D eigenvalue weighted by Gasteiger charge is -2.35. The van der Waals surface area contributed by atoms with Crippen LogP contribution in [0.1, 0.15) is 19.5 Å². The minimum atomic E-state index is 0.222. The van der Waals surface area contributed by atoms with Gasteiger partial charge in [-0.25, -0.2) is 9.97 Å². The lowest BCUT2D eigenvalue weighted by molar-refractivity contribution is -0.00576. The third-order valence-corrected chi connectivity index (χ3v) is 3.89. The summed E-state index contributed by atoms with van der Waals surface area (Å²) >= 11 is 0. The molecule has 0 aliphatic carbocycles. The van der Waals surface area contributed by atoms with Crippen LogP contribution in [0.3, 0.4) is 0 Å². The van der Waals surface area contributed by atoms with Crippen molar-refractivity contribution in [2.24, 2.45) is 0 Å². The SMILES string of the molecule is CC1CN(c2nccc(CN3CCOCC3)n2)CC(C)O1. The van der Waals surface area contributed by atoms with Gasteiger partial charge >= 0.3 is 0 Å². The number of rotatable bonds is 3. The molecule has 2 atom stereocenters. The van der Waals surface area contributed by atoms with Crippen molar-refractivity contribution in [1.29, 1.82) is 0 Å². The van der Waals surface area contributed by atoms with Gasteiger partial charge in [0.25, 0.3) is 0 Å². The van der Waals surface area contributed by atoms with Crippen LogP contribution in [0.4, 0.5) is 5.95 Å². The molecule has 6 heteroatoms. The highest BCUT2D eigenvalue weighted by Crippen LogP contribution is 2.17. The van der Waals surface area contributed by atoms with Crippen molar-refractivity contribution in [1.82, 2.24) is 14.9 Å². The van der Waals surface area contributed by atoms with Crippen molar-refractivity contribution in [2.75, 3.05) is 44.3 Å². The lowest BCUT2D eigenvalue weighted by atomic mass is 10.2. The number of hydrogen-bond donors (Lipinski definition) is 0. The Kier molecular flexibility index (Phi) is 4.67. The fraction of sp³-hybridized carbons (Fsp3) is 0.733. The Morgan fingerprint density at radius 1 is 1.19 bits per heavy atom. The van der Waals surface area contributed by atoms with Gasteiger partial charge in [-0.1, -0.05) is 0 Å². The van der Waals surface area contributed by atoms with Gasteiger partial charge in [0.2, 0.25) is 5.95 Å². The summed E-state index contributed by atoms with van der Waals surface area (Å²) in [7, 11) is 0. The molecule has 0 amide bonds. The molecular weight excluding hydrogens is 268 g/mol. The number of morpholine rings is 2. The Hall–Kier alpha value is -1.24. The van der Waals surface area contributed by atoms with Crippen molar-refractivity contribution in [3.8, 4) is 0 Å². The highest BCUT2D eigenvalue weighted by Gasteiger charge is 2.24. The molecule has 6 nitrogen and oxygen atoms in total. The normalized spacial score (nSPS) is 27.8. The Labute approximate surface area is 126 Å². The van der Waals surface area contributed by atoms with E-state index >= 15 is 0 Å². The third-order valence-electron chi connectivity index (χ3n) is 3.89. The lowest BCUT2D eigenvalue weighted by Crippen LogP contribution is -2.46. The van der Waals surface area contributed by atoms with Crippen molar-refractivity contribution in [2.45, 2.75) is 32.6 Å². The third kappa shape index (κ3) is 3.90. The molecule has 0 spiro atoms. The van der Waals surface area contributed by atoms with Gasteiger partial charge in [-0.3, -0.25) is 4.90 Å². The Bertz CT molecular complexity index is 455. The topological polar surface area (TPSA) is 50.7 Å². The summed E-state index contributed by atoms with van der Waals surface area (Å²) in [6, 6.07) is 2.01. The molecule has 116 valence electrons. The molecule has 2 unspecified atom stereocenters. The molecule has 0 radical (unpaired) electrons. The molecule has 3 rings (SSSR count). The monoisotopic (exact) mass is 292 g/mol. The first-order valence-corrected chi connectivity index (χ1v) is 7.73. The maximum Gasteiger partial charge on any atom is 0.225 e. The Morgan fingerprint density at radius 3 is 2.62 bits per heavy atom. The second-order valence-electron chi connectivity index (χ2n) is 5.90. The van der Waals surface area contributed by atoms with E-state index in [0.29, 0.717) is 0 Å². The molecule has 0 aromatic carbocycles. The summed E-state index contributed by atoms with van der Waals surface area (Å²) in [5.41, 5.74) is 1.08. The van der Waals surface area contributed by atoms with Crippen LogP contribution in [-0.4, -0.2) is 66.5 Å². The van der Waals surface area contributed by atoms with E-state index in [9.17, 15) is 0 Å². The second-order valence-corrected chi connectivity index (χ2v) is 5.90. The second kappa shape index (κ2) is 6.68. The molecule has 0 saturated carbocycles. The van der Waals surface area contributed by atoms with Crippen LogP contribution in [0, 0.1) is 0 Å². The average Bonchev–Trinajstić information content (AvgIpc) is 2.47. The zero-order valence-electron chi connectivity index (χ0n) is 12.9. The summed E-state index contributed by atoms with van der Waals surface area (Å²) in [5, 5.41) is 0. The van der Waals surface area contributed by atoms with Crippen molar-refractivity contribution in [3.05, 3.63) is 18.0 Å². The number of anilines is 1. The summed E-state index contributed by atoms with van der Waals surface area (Å²) in [6.45, 7) is 10.4. The van der Waals surface area contributed by atoms with E-state index in [1.54, 1.807) is 0 Å². The van der Waals surface area contributed by atoms with Gasteiger partial charge in [-0.15, -0.1) is 0 Å². The van der Waals surface area contributed by atoms with Crippen LogP contribution in [0.15, 0.2) is 12.3 Å². The maximum atomic E-state index is 5.77. The summed E-state index contributed by atoms with van der Waals surface area (Å²) in [4.78, 5) is 13.8. The van der Waals surface area contributed by atoms with E-state index in [2.05, 4.69) is 28.6 Å². The van der Waals surface area contributed by atoms with Gasteiger partial charge in [-0.05, 0) is 19.9 Å². The molecule has 2 fully saturated rings. The van der Waals surface area contributed by atoms with E-state index in [0.717, 1.165) is 57.6 Å².